The van der Waals surface area contributed by atoms with Gasteiger partial charge in [0.1, 0.15) is 0 Å². The van der Waals surface area contributed by atoms with Crippen LogP contribution in [-0.4, -0.2) is 44.9 Å². The average molecular weight is 526 g/mol. The van der Waals surface area contributed by atoms with E-state index in [4.69, 9.17) is 15.1 Å². The number of aliphatic carboxylic acids is 1. The largest absolute Gasteiger partial charge is 0.481 e. The molecule has 194 valence electrons. The van der Waals surface area contributed by atoms with Crippen LogP contribution in [-0.2, 0) is 11.2 Å². The van der Waals surface area contributed by atoms with Crippen LogP contribution in [0.1, 0.15) is 59.6 Å². The van der Waals surface area contributed by atoms with E-state index in [2.05, 4.69) is 36.9 Å². The maximum Gasteiger partial charge on any atom is 0.303 e. The van der Waals surface area contributed by atoms with Gasteiger partial charge in [-0.05, 0) is 73.9 Å². The molecule has 0 radical (unpaired) electrons. The van der Waals surface area contributed by atoms with Crippen LogP contribution < -0.4 is 0 Å². The van der Waals surface area contributed by atoms with E-state index in [1.807, 2.05) is 53.4 Å². The van der Waals surface area contributed by atoms with Gasteiger partial charge in [0.25, 0.3) is 5.91 Å². The van der Waals surface area contributed by atoms with Crippen molar-refractivity contribution in [2.75, 3.05) is 13.1 Å². The number of aromatic nitrogens is 2. The van der Waals surface area contributed by atoms with Crippen molar-refractivity contribution in [1.82, 2.24) is 14.9 Å². The van der Waals surface area contributed by atoms with Crippen molar-refractivity contribution in [2.24, 2.45) is 0 Å². The van der Waals surface area contributed by atoms with Crippen LogP contribution in [0.3, 0.4) is 0 Å². The smallest absolute Gasteiger partial charge is 0.303 e. The second-order valence-electron chi connectivity index (χ2n) is 9.85. The molecule has 1 N–H and O–H groups in total. The quantitative estimate of drug-likeness (QED) is 0.205. The molecular formula is C31H31N3O3S. The van der Waals surface area contributed by atoms with Gasteiger partial charge in [0.15, 0.2) is 0 Å². The van der Waals surface area contributed by atoms with E-state index in [1.54, 1.807) is 0 Å². The van der Waals surface area contributed by atoms with Crippen LogP contribution >= 0.6 is 12.6 Å². The fourth-order valence-corrected chi connectivity index (χ4v) is 5.29. The first kappa shape index (κ1) is 25.9. The molecule has 38 heavy (non-hydrogen) atoms. The Morgan fingerprint density at radius 3 is 2.34 bits per heavy atom. The second kappa shape index (κ2) is 11.8. The summed E-state index contributed by atoms with van der Waals surface area (Å²) in [6.07, 6.45) is 3.92. The molecule has 7 heteroatoms. The number of aryl methyl sites for hydroxylation is 1. The Kier molecular flexibility index (Phi) is 8.03. The van der Waals surface area contributed by atoms with Crippen LogP contribution in [0.25, 0.3) is 22.3 Å². The van der Waals surface area contributed by atoms with Crippen molar-refractivity contribution in [3.8, 4) is 11.3 Å². The summed E-state index contributed by atoms with van der Waals surface area (Å²) in [6.45, 7) is 1.47. The highest BCUT2D eigenvalue weighted by Crippen LogP contribution is 2.30. The van der Waals surface area contributed by atoms with Gasteiger partial charge in [-0.1, -0.05) is 42.5 Å². The summed E-state index contributed by atoms with van der Waals surface area (Å²) in [7, 11) is 0. The number of unbranched alkanes of at least 4 members (excludes halogenated alkanes) is 1. The van der Waals surface area contributed by atoms with Crippen LogP contribution in [0, 0.1) is 0 Å². The summed E-state index contributed by atoms with van der Waals surface area (Å²) in [6, 6.07) is 23.9. The molecule has 1 amide bonds. The van der Waals surface area contributed by atoms with E-state index in [0.29, 0.717) is 36.3 Å². The molecule has 1 aliphatic heterocycles. The van der Waals surface area contributed by atoms with Crippen molar-refractivity contribution in [3.05, 3.63) is 89.6 Å². The van der Waals surface area contributed by atoms with Crippen molar-refractivity contribution >= 4 is 35.5 Å². The molecule has 2 heterocycles. The molecule has 0 atom stereocenters. The Morgan fingerprint density at radius 2 is 1.63 bits per heavy atom. The number of fused-ring (bicyclic) bond motifs is 1. The number of rotatable bonds is 8. The van der Waals surface area contributed by atoms with Gasteiger partial charge in [0, 0.05) is 35.5 Å². The maximum absolute atomic E-state index is 13.4. The number of piperidine rings is 1. The average Bonchev–Trinajstić information content (AvgIpc) is 2.95. The second-order valence-corrected chi connectivity index (χ2v) is 10.4. The SMILES string of the molecule is O=C(O)CCCCc1nc2cc(C(=O)N3CCC(c4ccccc4)CC3)ccc2nc1-c1ccc(S)cc1. The summed E-state index contributed by atoms with van der Waals surface area (Å²) >= 11 is 4.39. The number of carboxylic acid groups (broad SMARTS) is 1. The van der Waals surface area contributed by atoms with E-state index in [-0.39, 0.29) is 12.3 Å². The van der Waals surface area contributed by atoms with E-state index in [9.17, 15) is 9.59 Å². The third-order valence-corrected chi connectivity index (χ3v) is 7.53. The van der Waals surface area contributed by atoms with Gasteiger partial charge in [0.2, 0.25) is 0 Å². The zero-order valence-electron chi connectivity index (χ0n) is 21.2. The van der Waals surface area contributed by atoms with Gasteiger partial charge in [-0.3, -0.25) is 9.59 Å². The maximum atomic E-state index is 13.4. The molecule has 1 aromatic heterocycles. The first-order valence-electron chi connectivity index (χ1n) is 13.1. The lowest BCUT2D eigenvalue weighted by molar-refractivity contribution is -0.137. The van der Waals surface area contributed by atoms with Gasteiger partial charge in [-0.25, -0.2) is 9.97 Å². The lowest BCUT2D eigenvalue weighted by Crippen LogP contribution is -2.37. The number of carbonyl (C=O) groups excluding carboxylic acids is 1. The number of nitrogens with zero attached hydrogens (tertiary/aromatic N) is 3. The van der Waals surface area contributed by atoms with Crippen LogP contribution in [0.15, 0.2) is 77.7 Å². The molecule has 0 bridgehead atoms. The molecule has 0 saturated carbocycles. The summed E-state index contributed by atoms with van der Waals surface area (Å²) < 4.78 is 0. The molecule has 6 nitrogen and oxygen atoms in total. The number of amides is 1. The Morgan fingerprint density at radius 1 is 0.895 bits per heavy atom. The summed E-state index contributed by atoms with van der Waals surface area (Å²) in [5.74, 6) is -0.284. The minimum atomic E-state index is -0.796. The van der Waals surface area contributed by atoms with E-state index in [1.165, 1.54) is 5.56 Å². The van der Waals surface area contributed by atoms with Crippen LogP contribution in [0.2, 0.25) is 0 Å². The zero-order chi connectivity index (χ0) is 26.5. The molecule has 5 rings (SSSR count). The van der Waals surface area contributed by atoms with Gasteiger partial charge in [-0.2, -0.15) is 0 Å². The minimum absolute atomic E-state index is 0.0247. The normalized spacial score (nSPS) is 14.1. The summed E-state index contributed by atoms with van der Waals surface area (Å²) in [4.78, 5) is 37.0. The molecule has 4 aromatic rings. The number of likely N-dealkylation sites (tertiary alicyclic amines) is 1. The highest BCUT2D eigenvalue weighted by atomic mass is 32.1. The Balaban J connectivity index is 1.37. The number of thiol groups is 1. The first-order valence-corrected chi connectivity index (χ1v) is 13.6. The lowest BCUT2D eigenvalue weighted by atomic mass is 9.89. The third kappa shape index (κ3) is 6.05. The first-order chi connectivity index (χ1) is 18.5. The third-order valence-electron chi connectivity index (χ3n) is 7.23. The van der Waals surface area contributed by atoms with Crippen molar-refractivity contribution in [3.63, 3.8) is 0 Å². The number of benzene rings is 3. The fraction of sp³-hybridized carbons (Fsp3) is 0.290. The number of hydrogen-bond donors (Lipinski definition) is 2. The van der Waals surface area contributed by atoms with Crippen LogP contribution in [0.5, 0.6) is 0 Å². The molecule has 0 aliphatic carbocycles. The fourth-order valence-electron chi connectivity index (χ4n) is 5.14. The molecule has 1 saturated heterocycles. The number of carboxylic acids is 1. The molecule has 3 aromatic carbocycles. The standard InChI is InChI=1S/C31H31N3O3S/c35-29(36)9-5-4-8-27-30(23-10-13-25(38)14-11-23)33-26-15-12-24(20-28(26)32-27)31(37)34-18-16-22(17-19-34)21-6-2-1-3-7-21/h1-3,6-7,10-15,20,22,38H,4-5,8-9,16-19H2,(H,35,36). The van der Waals surface area contributed by atoms with E-state index in [0.717, 1.165) is 53.3 Å². The molecule has 1 aliphatic rings. The molecule has 0 unspecified atom stereocenters. The minimum Gasteiger partial charge on any atom is -0.481 e. The van der Waals surface area contributed by atoms with Crippen molar-refractivity contribution in [1.29, 1.82) is 0 Å². The lowest BCUT2D eigenvalue weighted by Gasteiger charge is -2.32. The monoisotopic (exact) mass is 525 g/mol. The number of hydrogen-bond acceptors (Lipinski definition) is 5. The Bertz CT molecular complexity index is 1430. The van der Waals surface area contributed by atoms with Crippen LogP contribution in [0.4, 0.5) is 0 Å². The Hall–Kier alpha value is -3.71. The number of carbonyl (C=O) groups is 2. The molecular weight excluding hydrogens is 494 g/mol. The van der Waals surface area contributed by atoms with Crippen molar-refractivity contribution < 1.29 is 14.7 Å². The van der Waals surface area contributed by atoms with Gasteiger partial charge in [0.05, 0.1) is 22.4 Å². The van der Waals surface area contributed by atoms with Gasteiger partial charge >= 0.3 is 5.97 Å². The zero-order valence-corrected chi connectivity index (χ0v) is 22.1. The van der Waals surface area contributed by atoms with Gasteiger partial charge < -0.3 is 10.0 Å². The summed E-state index contributed by atoms with van der Waals surface area (Å²) in [5.41, 5.74) is 5.89. The highest BCUT2D eigenvalue weighted by molar-refractivity contribution is 7.80. The molecule has 0 spiro atoms. The predicted molar refractivity (Wildman–Crippen MR) is 152 cm³/mol. The predicted octanol–water partition coefficient (Wildman–Crippen LogP) is 6.40. The van der Waals surface area contributed by atoms with Gasteiger partial charge in [-0.15, -0.1) is 12.6 Å². The van der Waals surface area contributed by atoms with Crippen molar-refractivity contribution in [2.45, 2.75) is 49.3 Å². The molecule has 1 fully saturated rings. The topological polar surface area (TPSA) is 83.4 Å². The summed E-state index contributed by atoms with van der Waals surface area (Å²) in [5, 5.41) is 9.00. The van der Waals surface area contributed by atoms with E-state index >= 15 is 0 Å². The Labute approximate surface area is 228 Å². The highest BCUT2D eigenvalue weighted by Gasteiger charge is 2.25. The van der Waals surface area contributed by atoms with E-state index < -0.39 is 5.97 Å².